The Morgan fingerprint density at radius 1 is 0.848 bits per heavy atom. The molecule has 8 heteroatoms. The highest BCUT2D eigenvalue weighted by Crippen LogP contribution is 2.32. The fourth-order valence-corrected chi connectivity index (χ4v) is 3.65. The minimum atomic E-state index is -4.43. The molecule has 1 N–H and O–H groups in total. The van der Waals surface area contributed by atoms with E-state index in [-0.39, 0.29) is 31.2 Å². The molecule has 1 fully saturated rings. The lowest BCUT2D eigenvalue weighted by Crippen LogP contribution is -2.28. The second kappa shape index (κ2) is 8.90. The van der Waals surface area contributed by atoms with Gasteiger partial charge < -0.3 is 5.32 Å². The summed E-state index contributed by atoms with van der Waals surface area (Å²) < 4.78 is 38.6. The lowest BCUT2D eigenvalue weighted by molar-refractivity contribution is -0.139. The molecule has 1 saturated heterocycles. The van der Waals surface area contributed by atoms with E-state index in [9.17, 15) is 27.6 Å². The predicted molar refractivity (Wildman–Crippen MR) is 116 cm³/mol. The van der Waals surface area contributed by atoms with Crippen LogP contribution in [0.1, 0.15) is 34.3 Å². The van der Waals surface area contributed by atoms with Gasteiger partial charge in [-0.3, -0.25) is 19.3 Å². The Kier molecular flexibility index (Phi) is 6.00. The van der Waals surface area contributed by atoms with Crippen LogP contribution in [0.4, 0.5) is 18.9 Å². The zero-order valence-electron chi connectivity index (χ0n) is 17.4. The summed E-state index contributed by atoms with van der Waals surface area (Å²) in [5, 5.41) is 2.78. The predicted octanol–water partition coefficient (Wildman–Crippen LogP) is 5.27. The molecule has 0 unspecified atom stereocenters. The number of carbonyl (C=O) groups is 3. The molecule has 3 aromatic carbocycles. The Bertz CT molecular complexity index is 1190. The van der Waals surface area contributed by atoms with E-state index in [2.05, 4.69) is 5.32 Å². The molecule has 0 aromatic heterocycles. The van der Waals surface area contributed by atoms with E-state index in [0.717, 1.165) is 17.7 Å². The first-order valence-corrected chi connectivity index (χ1v) is 10.2. The van der Waals surface area contributed by atoms with Crippen LogP contribution in [-0.2, 0) is 22.3 Å². The molecule has 0 bridgehead atoms. The maximum atomic E-state index is 12.9. The molecule has 33 heavy (non-hydrogen) atoms. The van der Waals surface area contributed by atoms with Crippen LogP contribution in [0.2, 0.25) is 0 Å². The minimum absolute atomic E-state index is 0.183. The van der Waals surface area contributed by atoms with Crippen LogP contribution in [0, 0.1) is 0 Å². The van der Waals surface area contributed by atoms with Crippen LogP contribution < -0.4 is 5.32 Å². The minimum Gasteiger partial charge on any atom is -0.322 e. The monoisotopic (exact) mass is 452 g/mol. The molecule has 3 aromatic rings. The van der Waals surface area contributed by atoms with Gasteiger partial charge in [0, 0.05) is 24.1 Å². The standard InChI is InChI=1S/C25H19F3N2O3/c26-25(27,28)18-9-7-17(8-10-18)20-3-1-2-4-21(20)24(33)29-19-11-5-16(6-12-19)15-30-22(31)13-14-23(30)32/h1-12H,13-15H2,(H,29,33). The largest absolute Gasteiger partial charge is 0.416 e. The van der Waals surface area contributed by atoms with E-state index in [0.29, 0.717) is 22.4 Å². The summed E-state index contributed by atoms with van der Waals surface area (Å²) >= 11 is 0. The zero-order chi connectivity index (χ0) is 23.6. The lowest BCUT2D eigenvalue weighted by atomic mass is 9.98. The number of imide groups is 1. The van der Waals surface area contributed by atoms with Gasteiger partial charge in [0.05, 0.1) is 12.1 Å². The van der Waals surface area contributed by atoms with Gasteiger partial charge in [0.25, 0.3) is 5.91 Å². The molecule has 1 heterocycles. The maximum Gasteiger partial charge on any atom is 0.416 e. The highest BCUT2D eigenvalue weighted by atomic mass is 19.4. The molecule has 5 nitrogen and oxygen atoms in total. The van der Waals surface area contributed by atoms with Crippen LogP contribution in [0.25, 0.3) is 11.1 Å². The van der Waals surface area contributed by atoms with E-state index >= 15 is 0 Å². The molecule has 4 rings (SSSR count). The van der Waals surface area contributed by atoms with Crippen molar-refractivity contribution in [1.82, 2.24) is 4.90 Å². The molecule has 1 aliphatic heterocycles. The van der Waals surface area contributed by atoms with Crippen molar-refractivity contribution >= 4 is 23.4 Å². The summed E-state index contributed by atoms with van der Waals surface area (Å²) in [5.74, 6) is -0.808. The molecule has 0 saturated carbocycles. The highest BCUT2D eigenvalue weighted by Gasteiger charge is 2.30. The van der Waals surface area contributed by atoms with Crippen molar-refractivity contribution in [3.63, 3.8) is 0 Å². The van der Waals surface area contributed by atoms with E-state index < -0.39 is 17.6 Å². The number of rotatable bonds is 5. The lowest BCUT2D eigenvalue weighted by Gasteiger charge is -2.14. The van der Waals surface area contributed by atoms with Crippen molar-refractivity contribution < 1.29 is 27.6 Å². The number of likely N-dealkylation sites (tertiary alicyclic amines) is 1. The van der Waals surface area contributed by atoms with Crippen LogP contribution in [0.5, 0.6) is 0 Å². The van der Waals surface area contributed by atoms with Gasteiger partial charge in [0.1, 0.15) is 0 Å². The molecular formula is C25H19F3N2O3. The summed E-state index contributed by atoms with van der Waals surface area (Å²) in [6.07, 6.45) is -3.98. The first-order valence-electron chi connectivity index (χ1n) is 10.2. The van der Waals surface area contributed by atoms with Crippen molar-refractivity contribution in [2.75, 3.05) is 5.32 Å². The summed E-state index contributed by atoms with van der Waals surface area (Å²) in [6, 6.07) is 18.1. The first-order chi connectivity index (χ1) is 15.7. The number of anilines is 1. The van der Waals surface area contributed by atoms with Gasteiger partial charge in [-0.15, -0.1) is 0 Å². The Hall–Kier alpha value is -3.94. The number of alkyl halides is 3. The van der Waals surface area contributed by atoms with Gasteiger partial charge in [0.15, 0.2) is 0 Å². The Morgan fingerprint density at radius 3 is 2.06 bits per heavy atom. The van der Waals surface area contributed by atoms with Crippen molar-refractivity contribution in [3.05, 3.63) is 89.5 Å². The van der Waals surface area contributed by atoms with Gasteiger partial charge >= 0.3 is 6.18 Å². The number of nitrogens with zero attached hydrogens (tertiary/aromatic N) is 1. The summed E-state index contributed by atoms with van der Waals surface area (Å²) in [6.45, 7) is 0.183. The SMILES string of the molecule is O=C(Nc1ccc(CN2C(=O)CCC2=O)cc1)c1ccccc1-c1ccc(C(F)(F)F)cc1. The number of nitrogens with one attached hydrogen (secondary N) is 1. The Balaban J connectivity index is 1.49. The fourth-order valence-electron chi connectivity index (χ4n) is 3.65. The maximum absolute atomic E-state index is 12.9. The number of carbonyl (C=O) groups excluding carboxylic acids is 3. The second-order valence-electron chi connectivity index (χ2n) is 7.65. The molecule has 0 radical (unpaired) electrons. The van der Waals surface area contributed by atoms with Crippen molar-refractivity contribution in [2.45, 2.75) is 25.6 Å². The summed E-state index contributed by atoms with van der Waals surface area (Å²) in [5.41, 5.74) is 1.81. The van der Waals surface area contributed by atoms with Crippen molar-refractivity contribution in [1.29, 1.82) is 0 Å². The first kappa shape index (κ1) is 22.3. The Labute approximate surface area is 187 Å². The third kappa shape index (κ3) is 4.95. The summed E-state index contributed by atoms with van der Waals surface area (Å²) in [4.78, 5) is 37.6. The number of benzene rings is 3. The van der Waals surface area contributed by atoms with Gasteiger partial charge in [0.2, 0.25) is 11.8 Å². The van der Waals surface area contributed by atoms with Gasteiger partial charge in [-0.25, -0.2) is 0 Å². The fraction of sp³-hybridized carbons (Fsp3) is 0.160. The van der Waals surface area contributed by atoms with Crippen molar-refractivity contribution in [3.8, 4) is 11.1 Å². The molecular weight excluding hydrogens is 433 g/mol. The molecule has 0 spiro atoms. The number of amides is 3. The Morgan fingerprint density at radius 2 is 1.45 bits per heavy atom. The number of hydrogen-bond acceptors (Lipinski definition) is 3. The summed E-state index contributed by atoms with van der Waals surface area (Å²) in [7, 11) is 0. The van der Waals surface area contributed by atoms with E-state index in [4.69, 9.17) is 0 Å². The van der Waals surface area contributed by atoms with Crippen LogP contribution in [-0.4, -0.2) is 22.6 Å². The van der Waals surface area contributed by atoms with Gasteiger partial charge in [-0.1, -0.05) is 42.5 Å². The third-order valence-corrected chi connectivity index (χ3v) is 5.40. The number of hydrogen-bond donors (Lipinski definition) is 1. The molecule has 0 atom stereocenters. The average Bonchev–Trinajstić information content (AvgIpc) is 3.12. The molecule has 3 amide bonds. The quantitative estimate of drug-likeness (QED) is 0.536. The highest BCUT2D eigenvalue weighted by molar-refractivity contribution is 6.08. The third-order valence-electron chi connectivity index (χ3n) is 5.40. The van der Waals surface area contributed by atoms with Crippen LogP contribution in [0.15, 0.2) is 72.8 Å². The van der Waals surface area contributed by atoms with E-state index in [1.165, 1.54) is 17.0 Å². The van der Waals surface area contributed by atoms with Crippen LogP contribution in [0.3, 0.4) is 0 Å². The molecule has 1 aliphatic rings. The normalized spacial score (nSPS) is 14.0. The molecule has 168 valence electrons. The zero-order valence-corrected chi connectivity index (χ0v) is 17.4. The smallest absolute Gasteiger partial charge is 0.322 e. The van der Waals surface area contributed by atoms with Gasteiger partial charge in [-0.2, -0.15) is 13.2 Å². The molecule has 0 aliphatic carbocycles. The van der Waals surface area contributed by atoms with E-state index in [1.54, 1.807) is 48.5 Å². The van der Waals surface area contributed by atoms with E-state index in [1.807, 2.05) is 0 Å². The van der Waals surface area contributed by atoms with Crippen molar-refractivity contribution in [2.24, 2.45) is 0 Å². The van der Waals surface area contributed by atoms with Crippen LogP contribution >= 0.6 is 0 Å². The second-order valence-corrected chi connectivity index (χ2v) is 7.65. The average molecular weight is 452 g/mol. The number of halogens is 3. The van der Waals surface area contributed by atoms with Gasteiger partial charge in [-0.05, 0) is 47.0 Å². The topological polar surface area (TPSA) is 66.5 Å².